The fourth-order valence-corrected chi connectivity index (χ4v) is 3.78. The molecule has 1 N–H and O–H groups in total. The van der Waals surface area contributed by atoms with Crippen molar-refractivity contribution in [3.8, 4) is 11.4 Å². The Kier molecular flexibility index (Phi) is 4.64. The van der Waals surface area contributed by atoms with Gasteiger partial charge in [0.25, 0.3) is 5.56 Å². The van der Waals surface area contributed by atoms with E-state index in [1.54, 1.807) is 60.8 Å². The first-order valence-electron chi connectivity index (χ1n) is 9.92. The molecule has 3 aromatic carbocycles. The summed E-state index contributed by atoms with van der Waals surface area (Å²) in [6.45, 7) is 0. The van der Waals surface area contributed by atoms with Crippen molar-refractivity contribution < 1.29 is 4.39 Å². The Morgan fingerprint density at radius 3 is 2.26 bits per heavy atom. The van der Waals surface area contributed by atoms with E-state index in [4.69, 9.17) is 0 Å². The van der Waals surface area contributed by atoms with E-state index in [1.807, 2.05) is 42.5 Å². The molecule has 0 saturated heterocycles. The molecule has 0 fully saturated rings. The number of halogens is 1. The lowest BCUT2D eigenvalue weighted by molar-refractivity contribution is 0.265. The quantitative estimate of drug-likeness (QED) is 0.443. The molecule has 0 unspecified atom stereocenters. The van der Waals surface area contributed by atoms with Crippen LogP contribution in [0.15, 0.2) is 108 Å². The van der Waals surface area contributed by atoms with Crippen molar-refractivity contribution in [1.82, 2.24) is 15.0 Å². The summed E-state index contributed by atoms with van der Waals surface area (Å²) in [7, 11) is 0. The number of aromatic amines is 1. The summed E-state index contributed by atoms with van der Waals surface area (Å²) in [5, 5.41) is 1.17. The SMILES string of the molecule is O=c1[nH]c([C@](F)(c2ccccc2)c2ccnc(-c3ccccc3)n2)cc2ccccc12. The summed E-state index contributed by atoms with van der Waals surface area (Å²) >= 11 is 0. The molecular weight excluding hydrogens is 389 g/mol. The van der Waals surface area contributed by atoms with Gasteiger partial charge in [-0.2, -0.15) is 0 Å². The van der Waals surface area contributed by atoms with Crippen LogP contribution in [0.2, 0.25) is 0 Å². The zero-order chi connectivity index (χ0) is 21.3. The van der Waals surface area contributed by atoms with Crippen molar-refractivity contribution >= 4 is 10.8 Å². The van der Waals surface area contributed by atoms with E-state index >= 15 is 4.39 Å². The lowest BCUT2D eigenvalue weighted by Crippen LogP contribution is -2.29. The van der Waals surface area contributed by atoms with Gasteiger partial charge in [0.05, 0.1) is 11.4 Å². The van der Waals surface area contributed by atoms with Crippen LogP contribution in [0.25, 0.3) is 22.2 Å². The van der Waals surface area contributed by atoms with Gasteiger partial charge < -0.3 is 4.98 Å². The number of nitrogens with zero attached hydrogens (tertiary/aromatic N) is 2. The highest BCUT2D eigenvalue weighted by molar-refractivity contribution is 5.82. The number of alkyl halides is 1. The molecule has 150 valence electrons. The first-order chi connectivity index (χ1) is 15.2. The van der Waals surface area contributed by atoms with Crippen molar-refractivity contribution in [2.45, 2.75) is 5.67 Å². The lowest BCUT2D eigenvalue weighted by atomic mass is 9.87. The number of pyridine rings is 1. The summed E-state index contributed by atoms with van der Waals surface area (Å²) in [6.07, 6.45) is 1.54. The molecule has 4 nitrogen and oxygen atoms in total. The second-order valence-corrected chi connectivity index (χ2v) is 7.26. The third kappa shape index (κ3) is 3.30. The van der Waals surface area contributed by atoms with Crippen LogP contribution in [0.4, 0.5) is 4.39 Å². The van der Waals surface area contributed by atoms with Gasteiger partial charge in [-0.05, 0) is 23.6 Å². The molecular formula is C26H18FN3O. The molecule has 2 heterocycles. The van der Waals surface area contributed by atoms with E-state index in [0.717, 1.165) is 5.56 Å². The van der Waals surface area contributed by atoms with Gasteiger partial charge in [-0.1, -0.05) is 78.9 Å². The standard InChI is InChI=1S/C26H18FN3O/c27-26(20-12-5-2-6-13-20,23-17-19-11-7-8-14-21(19)25(31)30-23)22-15-16-28-24(29-22)18-9-3-1-4-10-18/h1-17H,(H,30,31)/t26-/m0/s1. The molecule has 0 aliphatic carbocycles. The number of nitrogens with one attached hydrogen (secondary N) is 1. The summed E-state index contributed by atoms with van der Waals surface area (Å²) in [5.74, 6) is 0.416. The maximum atomic E-state index is 17.1. The lowest BCUT2D eigenvalue weighted by Gasteiger charge is -2.26. The minimum Gasteiger partial charge on any atom is -0.322 e. The van der Waals surface area contributed by atoms with Gasteiger partial charge in [0.1, 0.15) is 0 Å². The van der Waals surface area contributed by atoms with Gasteiger partial charge >= 0.3 is 0 Å². The van der Waals surface area contributed by atoms with E-state index in [-0.39, 0.29) is 16.9 Å². The molecule has 0 spiro atoms. The highest BCUT2D eigenvalue weighted by atomic mass is 19.1. The van der Waals surface area contributed by atoms with Gasteiger partial charge in [-0.3, -0.25) is 4.79 Å². The molecule has 0 aliphatic rings. The van der Waals surface area contributed by atoms with E-state index in [9.17, 15) is 4.79 Å². The van der Waals surface area contributed by atoms with Crippen LogP contribution >= 0.6 is 0 Å². The number of benzene rings is 3. The maximum absolute atomic E-state index is 17.1. The van der Waals surface area contributed by atoms with Crippen molar-refractivity contribution in [1.29, 1.82) is 0 Å². The Balaban J connectivity index is 1.77. The zero-order valence-corrected chi connectivity index (χ0v) is 16.5. The number of hydrogen-bond acceptors (Lipinski definition) is 3. The normalized spacial score (nSPS) is 13.1. The summed E-state index contributed by atoms with van der Waals surface area (Å²) in [5.41, 5.74) is -1.08. The average Bonchev–Trinajstić information content (AvgIpc) is 2.85. The maximum Gasteiger partial charge on any atom is 0.256 e. The van der Waals surface area contributed by atoms with Gasteiger partial charge in [-0.15, -0.1) is 0 Å². The smallest absolute Gasteiger partial charge is 0.256 e. The predicted molar refractivity (Wildman–Crippen MR) is 119 cm³/mol. The van der Waals surface area contributed by atoms with Gasteiger partial charge in [0.15, 0.2) is 5.82 Å². The molecule has 0 aliphatic heterocycles. The van der Waals surface area contributed by atoms with Crippen LogP contribution in [0.1, 0.15) is 17.0 Å². The Morgan fingerprint density at radius 2 is 1.48 bits per heavy atom. The van der Waals surface area contributed by atoms with E-state index < -0.39 is 5.67 Å². The Labute approximate surface area is 178 Å². The minimum absolute atomic E-state index is 0.125. The first kappa shape index (κ1) is 18.9. The van der Waals surface area contributed by atoms with Crippen molar-refractivity contribution in [2.24, 2.45) is 0 Å². The Morgan fingerprint density at radius 1 is 0.806 bits per heavy atom. The zero-order valence-electron chi connectivity index (χ0n) is 16.5. The minimum atomic E-state index is -2.17. The van der Waals surface area contributed by atoms with Gasteiger partial charge in [0, 0.05) is 22.7 Å². The van der Waals surface area contributed by atoms with Gasteiger partial charge in [-0.25, -0.2) is 14.4 Å². The third-order valence-corrected chi connectivity index (χ3v) is 5.34. The number of aromatic nitrogens is 3. The van der Waals surface area contributed by atoms with E-state index in [1.165, 1.54) is 0 Å². The highest BCUT2D eigenvalue weighted by Gasteiger charge is 2.39. The van der Waals surface area contributed by atoms with Crippen LogP contribution in [0, 0.1) is 0 Å². The fraction of sp³-hybridized carbons (Fsp3) is 0.0385. The number of fused-ring (bicyclic) bond motifs is 1. The van der Waals surface area contributed by atoms with Crippen LogP contribution in [0.3, 0.4) is 0 Å². The molecule has 5 rings (SSSR count). The molecule has 0 bridgehead atoms. The number of hydrogen-bond donors (Lipinski definition) is 1. The number of rotatable bonds is 4. The monoisotopic (exact) mass is 407 g/mol. The molecule has 5 aromatic rings. The molecule has 31 heavy (non-hydrogen) atoms. The summed E-state index contributed by atoms with van der Waals surface area (Å²) < 4.78 is 17.1. The molecule has 0 radical (unpaired) electrons. The highest BCUT2D eigenvalue weighted by Crippen LogP contribution is 2.39. The Hall–Kier alpha value is -4.12. The van der Waals surface area contributed by atoms with E-state index in [2.05, 4.69) is 15.0 Å². The predicted octanol–water partition coefficient (Wildman–Crippen LogP) is 5.25. The molecule has 0 amide bonds. The van der Waals surface area contributed by atoms with Crippen molar-refractivity contribution in [3.05, 3.63) is 131 Å². The Bertz CT molecular complexity index is 1420. The van der Waals surface area contributed by atoms with Crippen LogP contribution in [-0.4, -0.2) is 15.0 Å². The third-order valence-electron chi connectivity index (χ3n) is 5.34. The summed E-state index contributed by atoms with van der Waals surface area (Å²) in [6, 6.07) is 28.5. The summed E-state index contributed by atoms with van der Waals surface area (Å²) in [4.78, 5) is 24.4. The van der Waals surface area contributed by atoms with Crippen LogP contribution in [-0.2, 0) is 5.67 Å². The van der Waals surface area contributed by atoms with Crippen LogP contribution < -0.4 is 5.56 Å². The molecule has 5 heteroatoms. The molecule has 1 atom stereocenters. The topological polar surface area (TPSA) is 58.6 Å². The fourth-order valence-electron chi connectivity index (χ4n) is 3.78. The van der Waals surface area contributed by atoms with Crippen molar-refractivity contribution in [3.63, 3.8) is 0 Å². The van der Waals surface area contributed by atoms with E-state index in [0.29, 0.717) is 22.2 Å². The second kappa shape index (κ2) is 7.61. The molecule has 0 saturated carbocycles. The largest absolute Gasteiger partial charge is 0.322 e. The van der Waals surface area contributed by atoms with Crippen LogP contribution in [0.5, 0.6) is 0 Å². The first-order valence-corrected chi connectivity index (χ1v) is 9.92. The van der Waals surface area contributed by atoms with Gasteiger partial charge in [0.2, 0.25) is 5.67 Å². The van der Waals surface area contributed by atoms with Crippen molar-refractivity contribution in [2.75, 3.05) is 0 Å². The number of H-pyrrole nitrogens is 1. The molecule has 2 aromatic heterocycles. The second-order valence-electron chi connectivity index (χ2n) is 7.26. The average molecular weight is 407 g/mol.